The first kappa shape index (κ1) is 11.5. The second-order valence-electron chi connectivity index (χ2n) is 3.29. The number of aryl methyl sites for hydroxylation is 2. The maximum Gasteiger partial charge on any atom is 0.192 e. The standard InChI is InChI=1S/C11H16N2O2/c1-5-15-7-6-10(14)11-8(2)12-13(4)9(11)3/h6-7H,5H2,1-4H3/b7-6+. The molecular formula is C11H16N2O2. The Bertz CT molecular complexity index is 392. The second-order valence-corrected chi connectivity index (χ2v) is 3.29. The number of nitrogens with zero attached hydrogens (tertiary/aromatic N) is 2. The van der Waals surface area contributed by atoms with Gasteiger partial charge in [0.1, 0.15) is 0 Å². The van der Waals surface area contributed by atoms with E-state index in [0.29, 0.717) is 12.2 Å². The average molecular weight is 208 g/mol. The van der Waals surface area contributed by atoms with Crippen LogP contribution in [-0.4, -0.2) is 22.2 Å². The van der Waals surface area contributed by atoms with Crippen LogP contribution < -0.4 is 0 Å². The number of rotatable bonds is 4. The summed E-state index contributed by atoms with van der Waals surface area (Å²) in [5.74, 6) is -0.0634. The van der Waals surface area contributed by atoms with E-state index in [1.807, 2.05) is 27.8 Å². The van der Waals surface area contributed by atoms with Gasteiger partial charge in [0.15, 0.2) is 5.78 Å². The molecule has 0 aliphatic heterocycles. The molecule has 0 aromatic carbocycles. The predicted molar refractivity (Wildman–Crippen MR) is 57.8 cm³/mol. The van der Waals surface area contributed by atoms with E-state index >= 15 is 0 Å². The summed E-state index contributed by atoms with van der Waals surface area (Å²) in [4.78, 5) is 11.8. The van der Waals surface area contributed by atoms with Crippen molar-refractivity contribution < 1.29 is 9.53 Å². The van der Waals surface area contributed by atoms with Crippen LogP contribution in [0.2, 0.25) is 0 Å². The van der Waals surface area contributed by atoms with Gasteiger partial charge in [-0.05, 0) is 20.8 Å². The normalized spacial score (nSPS) is 10.9. The molecule has 1 aromatic rings. The quantitative estimate of drug-likeness (QED) is 0.430. The van der Waals surface area contributed by atoms with Crippen molar-refractivity contribution in [2.45, 2.75) is 20.8 Å². The molecule has 1 aromatic heterocycles. The molecule has 0 radical (unpaired) electrons. The summed E-state index contributed by atoms with van der Waals surface area (Å²) in [5, 5.41) is 4.18. The molecule has 0 bridgehead atoms. The summed E-state index contributed by atoms with van der Waals surface area (Å²) >= 11 is 0. The van der Waals surface area contributed by atoms with Crippen LogP contribution in [-0.2, 0) is 11.8 Å². The van der Waals surface area contributed by atoms with Crippen LogP contribution in [0.5, 0.6) is 0 Å². The number of ketones is 1. The molecule has 0 N–H and O–H groups in total. The van der Waals surface area contributed by atoms with Gasteiger partial charge in [-0.15, -0.1) is 0 Å². The van der Waals surface area contributed by atoms with Crippen LogP contribution >= 0.6 is 0 Å². The van der Waals surface area contributed by atoms with Gasteiger partial charge in [0.05, 0.1) is 24.1 Å². The van der Waals surface area contributed by atoms with E-state index in [-0.39, 0.29) is 5.78 Å². The molecule has 0 unspecified atom stereocenters. The van der Waals surface area contributed by atoms with Crippen molar-refractivity contribution in [3.05, 3.63) is 29.3 Å². The zero-order valence-corrected chi connectivity index (χ0v) is 9.57. The number of aromatic nitrogens is 2. The molecule has 1 rings (SSSR count). The molecule has 0 aliphatic carbocycles. The van der Waals surface area contributed by atoms with Crippen LogP contribution in [0.4, 0.5) is 0 Å². The monoisotopic (exact) mass is 208 g/mol. The van der Waals surface area contributed by atoms with Gasteiger partial charge < -0.3 is 4.74 Å². The smallest absolute Gasteiger partial charge is 0.192 e. The van der Waals surface area contributed by atoms with Crippen LogP contribution in [0.15, 0.2) is 12.3 Å². The van der Waals surface area contributed by atoms with E-state index in [4.69, 9.17) is 4.74 Å². The largest absolute Gasteiger partial charge is 0.501 e. The van der Waals surface area contributed by atoms with Crippen molar-refractivity contribution in [1.82, 2.24) is 9.78 Å². The van der Waals surface area contributed by atoms with Crippen LogP contribution in [0.1, 0.15) is 28.7 Å². The fourth-order valence-electron chi connectivity index (χ4n) is 1.42. The summed E-state index contributed by atoms with van der Waals surface area (Å²) in [6.07, 6.45) is 2.86. The minimum Gasteiger partial charge on any atom is -0.501 e. The lowest BCUT2D eigenvalue weighted by molar-refractivity contribution is 0.104. The van der Waals surface area contributed by atoms with E-state index in [9.17, 15) is 4.79 Å². The lowest BCUT2D eigenvalue weighted by Gasteiger charge is -1.97. The Morgan fingerprint density at radius 1 is 1.53 bits per heavy atom. The maximum absolute atomic E-state index is 11.8. The molecule has 4 nitrogen and oxygen atoms in total. The SMILES string of the molecule is CCO/C=C/C(=O)c1c(C)nn(C)c1C. The van der Waals surface area contributed by atoms with Crippen LogP contribution in [0, 0.1) is 13.8 Å². The zero-order chi connectivity index (χ0) is 11.4. The predicted octanol–water partition coefficient (Wildman–Crippen LogP) is 1.77. The van der Waals surface area contributed by atoms with E-state index in [1.165, 1.54) is 12.3 Å². The van der Waals surface area contributed by atoms with E-state index < -0.39 is 0 Å². The number of hydrogen-bond donors (Lipinski definition) is 0. The highest BCUT2D eigenvalue weighted by atomic mass is 16.5. The van der Waals surface area contributed by atoms with E-state index in [0.717, 1.165) is 11.4 Å². The Kier molecular flexibility index (Phi) is 3.66. The third-order valence-electron chi connectivity index (χ3n) is 2.24. The summed E-state index contributed by atoms with van der Waals surface area (Å²) in [7, 11) is 1.82. The minimum absolute atomic E-state index is 0.0634. The van der Waals surface area contributed by atoms with Crippen LogP contribution in [0.25, 0.3) is 0 Å². The van der Waals surface area contributed by atoms with Crippen molar-refractivity contribution >= 4 is 5.78 Å². The second kappa shape index (κ2) is 4.77. The number of allylic oxidation sites excluding steroid dienone is 1. The molecule has 1 heterocycles. The lowest BCUT2D eigenvalue weighted by Crippen LogP contribution is -1.99. The first-order chi connectivity index (χ1) is 7.07. The summed E-state index contributed by atoms with van der Waals surface area (Å²) in [6.45, 7) is 6.14. The Hall–Kier alpha value is -1.58. The minimum atomic E-state index is -0.0634. The fourth-order valence-corrected chi connectivity index (χ4v) is 1.42. The molecule has 0 aliphatic rings. The average Bonchev–Trinajstić information content (AvgIpc) is 2.41. The highest BCUT2D eigenvalue weighted by molar-refractivity contribution is 6.06. The zero-order valence-electron chi connectivity index (χ0n) is 9.57. The molecule has 0 spiro atoms. The molecule has 0 saturated heterocycles. The van der Waals surface area contributed by atoms with Gasteiger partial charge in [-0.3, -0.25) is 9.48 Å². The third kappa shape index (κ3) is 2.46. The van der Waals surface area contributed by atoms with Crippen molar-refractivity contribution in [2.75, 3.05) is 6.61 Å². The molecular weight excluding hydrogens is 192 g/mol. The number of ether oxygens (including phenoxy) is 1. The van der Waals surface area contributed by atoms with E-state index in [2.05, 4.69) is 5.10 Å². The Morgan fingerprint density at radius 3 is 2.67 bits per heavy atom. The number of carbonyl (C=O) groups excluding carboxylic acids is 1. The third-order valence-corrected chi connectivity index (χ3v) is 2.24. The maximum atomic E-state index is 11.8. The van der Waals surface area contributed by atoms with Gasteiger partial charge in [0.2, 0.25) is 0 Å². The Labute approximate surface area is 89.5 Å². The molecule has 82 valence electrons. The van der Waals surface area contributed by atoms with E-state index in [1.54, 1.807) is 4.68 Å². The molecule has 15 heavy (non-hydrogen) atoms. The highest BCUT2D eigenvalue weighted by Crippen LogP contribution is 2.12. The number of carbonyl (C=O) groups is 1. The van der Waals surface area contributed by atoms with Crippen LogP contribution in [0.3, 0.4) is 0 Å². The number of hydrogen-bond acceptors (Lipinski definition) is 3. The van der Waals surface area contributed by atoms with Crippen molar-refractivity contribution in [3.8, 4) is 0 Å². The summed E-state index contributed by atoms with van der Waals surface area (Å²) in [6, 6.07) is 0. The molecule has 0 amide bonds. The van der Waals surface area contributed by atoms with Crippen molar-refractivity contribution in [1.29, 1.82) is 0 Å². The van der Waals surface area contributed by atoms with Gasteiger partial charge in [0.25, 0.3) is 0 Å². The molecule has 4 heteroatoms. The topological polar surface area (TPSA) is 44.1 Å². The summed E-state index contributed by atoms with van der Waals surface area (Å²) in [5.41, 5.74) is 2.29. The highest BCUT2D eigenvalue weighted by Gasteiger charge is 2.14. The van der Waals surface area contributed by atoms with Gasteiger partial charge in [0, 0.05) is 18.8 Å². The van der Waals surface area contributed by atoms with Gasteiger partial charge in [-0.2, -0.15) is 5.10 Å². The molecule has 0 saturated carbocycles. The Morgan fingerprint density at radius 2 is 2.20 bits per heavy atom. The fraction of sp³-hybridized carbons (Fsp3) is 0.455. The first-order valence-electron chi connectivity index (χ1n) is 4.90. The van der Waals surface area contributed by atoms with Gasteiger partial charge >= 0.3 is 0 Å². The lowest BCUT2D eigenvalue weighted by atomic mass is 10.1. The molecule has 0 atom stereocenters. The van der Waals surface area contributed by atoms with Gasteiger partial charge in [-0.1, -0.05) is 0 Å². The first-order valence-corrected chi connectivity index (χ1v) is 4.90. The Balaban J connectivity index is 2.91. The summed E-state index contributed by atoms with van der Waals surface area (Å²) < 4.78 is 6.69. The van der Waals surface area contributed by atoms with Crippen molar-refractivity contribution in [3.63, 3.8) is 0 Å². The van der Waals surface area contributed by atoms with Gasteiger partial charge in [-0.25, -0.2) is 0 Å². The molecule has 0 fully saturated rings. The van der Waals surface area contributed by atoms with Crippen molar-refractivity contribution in [2.24, 2.45) is 7.05 Å².